The first-order valence-corrected chi connectivity index (χ1v) is 9.70. The molecule has 0 saturated carbocycles. The van der Waals surface area contributed by atoms with Crippen molar-refractivity contribution in [2.45, 2.75) is 32.7 Å². The van der Waals surface area contributed by atoms with E-state index in [9.17, 15) is 4.79 Å². The normalized spacial score (nSPS) is 12.3. The van der Waals surface area contributed by atoms with Gasteiger partial charge in [-0.05, 0) is 30.5 Å². The minimum absolute atomic E-state index is 0.0559. The second-order valence-corrected chi connectivity index (χ2v) is 7.45. The zero-order valence-corrected chi connectivity index (χ0v) is 17.2. The Hall–Kier alpha value is -3.75. The summed E-state index contributed by atoms with van der Waals surface area (Å²) in [4.78, 5) is 21.4. The molecular formula is C21H23N7O2. The van der Waals surface area contributed by atoms with Crippen LogP contribution in [0.2, 0.25) is 0 Å². The van der Waals surface area contributed by atoms with Crippen LogP contribution < -0.4 is 10.6 Å². The molecule has 0 radical (unpaired) electrons. The van der Waals surface area contributed by atoms with Crippen LogP contribution in [0.3, 0.4) is 0 Å². The van der Waals surface area contributed by atoms with E-state index in [1.807, 2.05) is 52.1 Å². The Kier molecular flexibility index (Phi) is 5.18. The number of fused-ring (bicyclic) bond motifs is 1. The Labute approximate surface area is 173 Å². The van der Waals surface area contributed by atoms with Gasteiger partial charge in [0.05, 0.1) is 24.1 Å². The molecule has 9 heteroatoms. The van der Waals surface area contributed by atoms with Gasteiger partial charge < -0.3 is 15.2 Å². The lowest BCUT2D eigenvalue weighted by Gasteiger charge is -2.16. The van der Waals surface area contributed by atoms with Gasteiger partial charge in [-0.1, -0.05) is 31.1 Å². The highest BCUT2D eigenvalue weighted by atomic mass is 16.5. The number of amides is 1. The van der Waals surface area contributed by atoms with Crippen molar-refractivity contribution in [2.24, 2.45) is 7.05 Å². The average molecular weight is 405 g/mol. The highest BCUT2D eigenvalue weighted by Gasteiger charge is 2.16. The Morgan fingerprint density at radius 1 is 1.17 bits per heavy atom. The fraction of sp³-hybridized carbons (Fsp3) is 0.286. The van der Waals surface area contributed by atoms with E-state index in [0.29, 0.717) is 17.2 Å². The molecule has 1 aromatic carbocycles. The van der Waals surface area contributed by atoms with E-state index in [2.05, 4.69) is 30.9 Å². The number of nitrogens with zero attached hydrogens (tertiary/aromatic N) is 5. The molecule has 0 aliphatic rings. The minimum atomic E-state index is -0.334. The zero-order valence-electron chi connectivity index (χ0n) is 17.2. The predicted molar refractivity (Wildman–Crippen MR) is 113 cm³/mol. The molecule has 0 fully saturated rings. The molecule has 0 aliphatic heterocycles. The van der Waals surface area contributed by atoms with Crippen molar-refractivity contribution in [3.8, 4) is 0 Å². The summed E-state index contributed by atoms with van der Waals surface area (Å²) >= 11 is 0. The van der Waals surface area contributed by atoms with Crippen LogP contribution >= 0.6 is 0 Å². The van der Waals surface area contributed by atoms with Crippen molar-refractivity contribution in [1.29, 1.82) is 0 Å². The van der Waals surface area contributed by atoms with Gasteiger partial charge in [0.2, 0.25) is 5.76 Å². The van der Waals surface area contributed by atoms with Gasteiger partial charge in [-0.25, -0.2) is 14.6 Å². The number of carbonyl (C=O) groups is 1. The van der Waals surface area contributed by atoms with Crippen molar-refractivity contribution >= 4 is 28.6 Å². The zero-order chi connectivity index (χ0) is 21.3. The third kappa shape index (κ3) is 4.00. The van der Waals surface area contributed by atoms with Crippen molar-refractivity contribution in [3.63, 3.8) is 0 Å². The number of benzene rings is 1. The van der Waals surface area contributed by atoms with Gasteiger partial charge in [-0.2, -0.15) is 5.10 Å². The van der Waals surface area contributed by atoms with Crippen LogP contribution in [0.25, 0.3) is 11.2 Å². The van der Waals surface area contributed by atoms with Crippen molar-refractivity contribution in [3.05, 3.63) is 59.7 Å². The van der Waals surface area contributed by atoms with E-state index in [0.717, 1.165) is 16.8 Å². The number of aryl methyl sites for hydroxylation is 1. The predicted octanol–water partition coefficient (Wildman–Crippen LogP) is 3.90. The molecule has 0 unspecified atom stereocenters. The molecule has 3 aromatic heterocycles. The standard InChI is InChI=1S/C21H23N7O2/c1-12(2)16-9-18(30-27-16)21(29)25-15-7-5-6-14(8-15)13(3)24-19-11-22-17-10-23-28(4)20(17)26-19/h5-13H,1-4H3,(H,24,26)(H,25,29)/t13-/m0/s1. The maximum atomic E-state index is 12.5. The first-order valence-electron chi connectivity index (χ1n) is 9.70. The van der Waals surface area contributed by atoms with Crippen molar-refractivity contribution in [2.75, 3.05) is 10.6 Å². The summed E-state index contributed by atoms with van der Waals surface area (Å²) in [6.07, 6.45) is 3.36. The first kappa shape index (κ1) is 19.6. The Balaban J connectivity index is 1.47. The van der Waals surface area contributed by atoms with Crippen LogP contribution in [-0.2, 0) is 7.05 Å². The maximum absolute atomic E-state index is 12.5. The minimum Gasteiger partial charge on any atom is -0.362 e. The molecule has 9 nitrogen and oxygen atoms in total. The van der Waals surface area contributed by atoms with Gasteiger partial charge >= 0.3 is 0 Å². The average Bonchev–Trinajstić information content (AvgIpc) is 3.36. The third-order valence-corrected chi connectivity index (χ3v) is 4.79. The lowest BCUT2D eigenvalue weighted by Crippen LogP contribution is -2.12. The van der Waals surface area contributed by atoms with E-state index < -0.39 is 0 Å². The number of hydrogen-bond acceptors (Lipinski definition) is 7. The van der Waals surface area contributed by atoms with E-state index in [-0.39, 0.29) is 23.6 Å². The van der Waals surface area contributed by atoms with Crippen LogP contribution in [0.1, 0.15) is 54.5 Å². The molecule has 4 aromatic rings. The number of anilines is 2. The summed E-state index contributed by atoms with van der Waals surface area (Å²) in [5.74, 6) is 0.699. The summed E-state index contributed by atoms with van der Waals surface area (Å²) in [6, 6.07) is 9.22. The molecule has 30 heavy (non-hydrogen) atoms. The van der Waals surface area contributed by atoms with Crippen LogP contribution in [0, 0.1) is 0 Å². The van der Waals surface area contributed by atoms with Crippen LogP contribution in [0.5, 0.6) is 0 Å². The number of rotatable bonds is 6. The van der Waals surface area contributed by atoms with Crippen molar-refractivity contribution in [1.82, 2.24) is 24.9 Å². The van der Waals surface area contributed by atoms with Gasteiger partial charge in [0.1, 0.15) is 11.3 Å². The second kappa shape index (κ2) is 7.94. The van der Waals surface area contributed by atoms with Crippen LogP contribution in [0.15, 0.2) is 47.2 Å². The quantitative estimate of drug-likeness (QED) is 0.500. The highest BCUT2D eigenvalue weighted by molar-refractivity contribution is 6.02. The SMILES string of the molecule is CC(C)c1cc(C(=O)Nc2cccc([C@H](C)Nc3cnc4cnn(C)c4n3)c2)on1. The lowest BCUT2D eigenvalue weighted by atomic mass is 10.1. The number of aromatic nitrogens is 5. The molecule has 2 N–H and O–H groups in total. The smallest absolute Gasteiger partial charge is 0.294 e. The summed E-state index contributed by atoms with van der Waals surface area (Å²) in [6.45, 7) is 6.00. The fourth-order valence-corrected chi connectivity index (χ4v) is 3.03. The van der Waals surface area contributed by atoms with Gasteiger partial charge in [-0.15, -0.1) is 0 Å². The second-order valence-electron chi connectivity index (χ2n) is 7.45. The molecule has 0 bridgehead atoms. The van der Waals surface area contributed by atoms with E-state index in [1.54, 1.807) is 23.1 Å². The molecule has 3 heterocycles. The summed E-state index contributed by atoms with van der Waals surface area (Å²) in [7, 11) is 1.83. The summed E-state index contributed by atoms with van der Waals surface area (Å²) in [5, 5.41) is 14.3. The lowest BCUT2D eigenvalue weighted by molar-refractivity contribution is 0.0988. The number of nitrogens with one attached hydrogen (secondary N) is 2. The summed E-state index contributed by atoms with van der Waals surface area (Å²) in [5.41, 5.74) is 3.86. The molecule has 1 atom stereocenters. The first-order chi connectivity index (χ1) is 14.4. The summed E-state index contributed by atoms with van der Waals surface area (Å²) < 4.78 is 6.84. The largest absolute Gasteiger partial charge is 0.362 e. The van der Waals surface area contributed by atoms with Crippen LogP contribution in [0.4, 0.5) is 11.5 Å². The highest BCUT2D eigenvalue weighted by Crippen LogP contribution is 2.22. The van der Waals surface area contributed by atoms with Gasteiger partial charge in [0, 0.05) is 18.8 Å². The Morgan fingerprint density at radius 3 is 2.77 bits per heavy atom. The van der Waals surface area contributed by atoms with Gasteiger partial charge in [-0.3, -0.25) is 4.79 Å². The maximum Gasteiger partial charge on any atom is 0.294 e. The van der Waals surface area contributed by atoms with E-state index in [1.165, 1.54) is 0 Å². The molecule has 0 aliphatic carbocycles. The van der Waals surface area contributed by atoms with E-state index in [4.69, 9.17) is 4.52 Å². The molecular weight excluding hydrogens is 382 g/mol. The van der Waals surface area contributed by atoms with Crippen LogP contribution in [-0.4, -0.2) is 30.8 Å². The van der Waals surface area contributed by atoms with Crippen molar-refractivity contribution < 1.29 is 9.32 Å². The molecule has 154 valence electrons. The van der Waals surface area contributed by atoms with Gasteiger partial charge in [0.25, 0.3) is 5.91 Å². The molecule has 0 spiro atoms. The Morgan fingerprint density at radius 2 is 2.00 bits per heavy atom. The number of carbonyl (C=O) groups excluding carboxylic acids is 1. The molecule has 4 rings (SSSR count). The Bertz CT molecular complexity index is 1200. The monoisotopic (exact) mass is 405 g/mol. The van der Waals surface area contributed by atoms with Gasteiger partial charge in [0.15, 0.2) is 5.65 Å². The number of hydrogen-bond donors (Lipinski definition) is 2. The molecule has 0 saturated heterocycles. The third-order valence-electron chi connectivity index (χ3n) is 4.79. The topological polar surface area (TPSA) is 111 Å². The fourth-order valence-electron chi connectivity index (χ4n) is 3.03. The van der Waals surface area contributed by atoms with E-state index >= 15 is 0 Å². The molecule has 1 amide bonds.